The number of nitrogens with zero attached hydrogens (tertiary/aromatic N) is 1. The number of rotatable bonds is 9. The number of hydrogen-bond donors (Lipinski definition) is 2. The van der Waals surface area contributed by atoms with Crippen molar-refractivity contribution in [2.75, 3.05) is 59.0 Å². The number of aryl methyl sites for hydroxylation is 1. The number of nitrogens with one attached hydrogen (secondary N) is 2. The lowest BCUT2D eigenvalue weighted by Gasteiger charge is -2.32. The number of quaternary nitrogens is 1. The van der Waals surface area contributed by atoms with E-state index in [1.54, 1.807) is 7.11 Å². The Morgan fingerprint density at radius 3 is 2.37 bits per heavy atom. The molecule has 6 nitrogen and oxygen atoms in total. The largest absolute Gasteiger partial charge is 0.497 e. The standard InChI is InChI=1S/C24H33N3O3/c1-26(2)21-9-7-20(8-10-21)23(27-14-16-30-17-15-27)18-25-24(28)13-6-19-4-11-22(29-3)12-5-19/h4-5,7-12,23H,6,13-18H2,1-3H3,(H,25,28)/p+1/t23-/m1/s1. The maximum atomic E-state index is 12.5. The molecule has 1 fully saturated rings. The van der Waals surface area contributed by atoms with Crippen LogP contribution >= 0.6 is 0 Å². The van der Waals surface area contributed by atoms with E-state index < -0.39 is 0 Å². The van der Waals surface area contributed by atoms with Gasteiger partial charge in [-0.05, 0) is 36.2 Å². The van der Waals surface area contributed by atoms with Crippen LogP contribution in [0.15, 0.2) is 48.5 Å². The van der Waals surface area contributed by atoms with E-state index in [9.17, 15) is 4.79 Å². The highest BCUT2D eigenvalue weighted by Crippen LogP contribution is 2.17. The van der Waals surface area contributed by atoms with Crippen LogP contribution in [0.2, 0.25) is 0 Å². The van der Waals surface area contributed by atoms with Gasteiger partial charge in [-0.2, -0.15) is 0 Å². The van der Waals surface area contributed by atoms with Crippen molar-refractivity contribution in [3.63, 3.8) is 0 Å². The highest BCUT2D eigenvalue weighted by molar-refractivity contribution is 5.76. The summed E-state index contributed by atoms with van der Waals surface area (Å²) in [4.78, 5) is 16.1. The maximum Gasteiger partial charge on any atom is 0.220 e. The van der Waals surface area contributed by atoms with Gasteiger partial charge in [-0.15, -0.1) is 0 Å². The molecule has 1 aliphatic heterocycles. The molecule has 0 spiro atoms. The number of anilines is 1. The molecule has 1 atom stereocenters. The van der Waals surface area contributed by atoms with Crippen LogP contribution in [-0.4, -0.2) is 60.0 Å². The van der Waals surface area contributed by atoms with E-state index in [4.69, 9.17) is 9.47 Å². The predicted molar refractivity (Wildman–Crippen MR) is 119 cm³/mol. The molecule has 1 amide bonds. The molecule has 0 radical (unpaired) electrons. The molecule has 0 unspecified atom stereocenters. The maximum absolute atomic E-state index is 12.5. The number of amides is 1. The average Bonchev–Trinajstić information content (AvgIpc) is 2.79. The van der Waals surface area contributed by atoms with Crippen molar-refractivity contribution in [3.05, 3.63) is 59.7 Å². The van der Waals surface area contributed by atoms with E-state index in [0.29, 0.717) is 13.0 Å². The fourth-order valence-corrected chi connectivity index (χ4v) is 3.84. The summed E-state index contributed by atoms with van der Waals surface area (Å²) in [6.07, 6.45) is 1.21. The third kappa shape index (κ3) is 6.21. The lowest BCUT2D eigenvalue weighted by Crippen LogP contribution is -3.15. The van der Waals surface area contributed by atoms with Gasteiger partial charge in [-0.1, -0.05) is 24.3 Å². The van der Waals surface area contributed by atoms with Crippen LogP contribution < -0.4 is 19.9 Å². The summed E-state index contributed by atoms with van der Waals surface area (Å²) in [7, 11) is 5.74. The van der Waals surface area contributed by atoms with Gasteiger partial charge in [0.05, 0.1) is 26.9 Å². The smallest absolute Gasteiger partial charge is 0.220 e. The van der Waals surface area contributed by atoms with Crippen LogP contribution in [0.3, 0.4) is 0 Å². The molecule has 2 aromatic carbocycles. The predicted octanol–water partition coefficient (Wildman–Crippen LogP) is 1.47. The Kier molecular flexibility index (Phi) is 8.11. The molecular weight excluding hydrogens is 378 g/mol. The van der Waals surface area contributed by atoms with Gasteiger partial charge >= 0.3 is 0 Å². The van der Waals surface area contributed by atoms with Crippen molar-refractivity contribution >= 4 is 11.6 Å². The van der Waals surface area contributed by atoms with Crippen molar-refractivity contribution in [1.29, 1.82) is 0 Å². The number of benzene rings is 2. The Labute approximate surface area is 179 Å². The first kappa shape index (κ1) is 22.1. The van der Waals surface area contributed by atoms with E-state index >= 15 is 0 Å². The van der Waals surface area contributed by atoms with Gasteiger partial charge < -0.3 is 24.6 Å². The summed E-state index contributed by atoms with van der Waals surface area (Å²) in [6.45, 7) is 4.10. The molecule has 0 aliphatic carbocycles. The number of morpholine rings is 1. The molecule has 0 bridgehead atoms. The molecule has 162 valence electrons. The van der Waals surface area contributed by atoms with Gasteiger partial charge in [0.15, 0.2) is 0 Å². The summed E-state index contributed by atoms with van der Waals surface area (Å²) < 4.78 is 10.7. The van der Waals surface area contributed by atoms with E-state index in [1.807, 2.05) is 38.4 Å². The quantitative estimate of drug-likeness (QED) is 0.655. The Morgan fingerprint density at radius 1 is 1.10 bits per heavy atom. The molecule has 2 aromatic rings. The molecule has 3 rings (SSSR count). The summed E-state index contributed by atoms with van der Waals surface area (Å²) in [5, 5.41) is 3.17. The first-order chi connectivity index (χ1) is 14.6. The zero-order valence-electron chi connectivity index (χ0n) is 18.3. The van der Waals surface area contributed by atoms with Gasteiger partial charge in [-0.3, -0.25) is 4.79 Å². The van der Waals surface area contributed by atoms with Gasteiger partial charge in [0.1, 0.15) is 24.9 Å². The fourth-order valence-electron chi connectivity index (χ4n) is 3.84. The Balaban J connectivity index is 1.58. The zero-order chi connectivity index (χ0) is 21.3. The normalized spacial score (nSPS) is 15.4. The number of ether oxygens (including phenoxy) is 2. The molecule has 1 aliphatic rings. The first-order valence-electron chi connectivity index (χ1n) is 10.7. The number of carbonyl (C=O) groups is 1. The second-order valence-electron chi connectivity index (χ2n) is 7.96. The summed E-state index contributed by atoms with van der Waals surface area (Å²) in [5.74, 6) is 0.924. The Morgan fingerprint density at radius 2 is 1.77 bits per heavy atom. The number of carbonyl (C=O) groups excluding carboxylic acids is 1. The monoisotopic (exact) mass is 412 g/mol. The van der Waals surface area contributed by atoms with Gasteiger partial charge in [0.2, 0.25) is 5.91 Å². The van der Waals surface area contributed by atoms with E-state index in [0.717, 1.165) is 44.0 Å². The second-order valence-corrected chi connectivity index (χ2v) is 7.96. The summed E-state index contributed by atoms with van der Waals surface area (Å²) >= 11 is 0. The van der Waals surface area contributed by atoms with Crippen LogP contribution in [0.4, 0.5) is 5.69 Å². The lowest BCUT2D eigenvalue weighted by atomic mass is 10.0. The van der Waals surface area contributed by atoms with Crippen LogP contribution in [0.5, 0.6) is 5.75 Å². The third-order valence-electron chi connectivity index (χ3n) is 5.74. The minimum atomic E-state index is 0.0911. The average molecular weight is 413 g/mol. The van der Waals surface area contributed by atoms with E-state index in [1.165, 1.54) is 16.2 Å². The molecule has 0 saturated carbocycles. The Hall–Kier alpha value is -2.57. The minimum Gasteiger partial charge on any atom is -0.497 e. The van der Waals surface area contributed by atoms with Crippen molar-refractivity contribution in [1.82, 2.24) is 5.32 Å². The highest BCUT2D eigenvalue weighted by Gasteiger charge is 2.26. The van der Waals surface area contributed by atoms with Gasteiger partial charge in [0.25, 0.3) is 0 Å². The second kappa shape index (κ2) is 11.0. The lowest BCUT2D eigenvalue weighted by molar-refractivity contribution is -0.937. The van der Waals surface area contributed by atoms with Crippen LogP contribution in [0.25, 0.3) is 0 Å². The zero-order valence-corrected chi connectivity index (χ0v) is 18.3. The summed E-state index contributed by atoms with van der Waals surface area (Å²) in [5.41, 5.74) is 3.58. The molecule has 2 N–H and O–H groups in total. The van der Waals surface area contributed by atoms with Crippen LogP contribution in [-0.2, 0) is 16.0 Å². The van der Waals surface area contributed by atoms with E-state index in [2.05, 4.69) is 34.5 Å². The van der Waals surface area contributed by atoms with Gasteiger partial charge in [-0.25, -0.2) is 0 Å². The molecule has 1 saturated heterocycles. The first-order valence-corrected chi connectivity index (χ1v) is 10.7. The Bertz CT molecular complexity index is 784. The van der Waals surface area contributed by atoms with E-state index in [-0.39, 0.29) is 11.9 Å². The number of methoxy groups -OCH3 is 1. The topological polar surface area (TPSA) is 55.2 Å². The molecule has 1 heterocycles. The van der Waals surface area contributed by atoms with Crippen LogP contribution in [0, 0.1) is 0 Å². The molecule has 0 aromatic heterocycles. The summed E-state index contributed by atoms with van der Waals surface area (Å²) in [6, 6.07) is 16.8. The molecular formula is C24H34N3O3+. The van der Waals surface area contributed by atoms with Crippen molar-refractivity contribution in [2.24, 2.45) is 0 Å². The molecule has 6 heteroatoms. The van der Waals surface area contributed by atoms with Crippen molar-refractivity contribution in [3.8, 4) is 5.75 Å². The van der Waals surface area contributed by atoms with Crippen molar-refractivity contribution < 1.29 is 19.2 Å². The minimum absolute atomic E-state index is 0.0911. The van der Waals surface area contributed by atoms with Crippen molar-refractivity contribution in [2.45, 2.75) is 18.9 Å². The SMILES string of the molecule is COc1ccc(CCC(=O)NC[C@H](c2ccc(N(C)C)cc2)[NH+]2CCOCC2)cc1. The molecule has 30 heavy (non-hydrogen) atoms. The third-order valence-corrected chi connectivity index (χ3v) is 5.74. The van der Waals surface area contributed by atoms with Crippen LogP contribution in [0.1, 0.15) is 23.6 Å². The number of hydrogen-bond acceptors (Lipinski definition) is 4. The fraction of sp³-hybridized carbons (Fsp3) is 0.458. The van der Waals surface area contributed by atoms with Gasteiger partial charge in [0, 0.05) is 31.8 Å². The highest BCUT2D eigenvalue weighted by atomic mass is 16.5.